The Balaban J connectivity index is 1.91. The van der Waals surface area contributed by atoms with E-state index in [1.165, 1.54) is 11.8 Å². The van der Waals surface area contributed by atoms with Crippen molar-refractivity contribution < 1.29 is 9.59 Å². The Hall–Kier alpha value is -1.29. The summed E-state index contributed by atoms with van der Waals surface area (Å²) in [6.07, 6.45) is 2.26. The highest BCUT2D eigenvalue weighted by atomic mass is 32.2. The smallest absolute Gasteiger partial charge is 0.232 e. The van der Waals surface area contributed by atoms with Crippen LogP contribution in [0.2, 0.25) is 0 Å². The van der Waals surface area contributed by atoms with Gasteiger partial charge in [-0.2, -0.15) is 0 Å². The Morgan fingerprint density at radius 2 is 2.11 bits per heavy atom. The van der Waals surface area contributed by atoms with E-state index in [1.807, 2.05) is 30.1 Å². The lowest BCUT2D eigenvalue weighted by Crippen LogP contribution is -2.30. The quantitative estimate of drug-likeness (QED) is 0.605. The number of thioether (sulfide) groups is 1. The zero-order chi connectivity index (χ0) is 13.1. The van der Waals surface area contributed by atoms with Crippen molar-refractivity contribution in [3.8, 4) is 0 Å². The zero-order valence-electron chi connectivity index (χ0n) is 10.7. The molecule has 0 spiro atoms. The second kappa shape index (κ2) is 5.57. The van der Waals surface area contributed by atoms with Crippen LogP contribution in [-0.4, -0.2) is 35.4 Å². The molecule has 0 radical (unpaired) electrons. The molecule has 1 amide bonds. The number of benzene rings is 1. The summed E-state index contributed by atoms with van der Waals surface area (Å²) in [6, 6.07) is 7.89. The van der Waals surface area contributed by atoms with Crippen LogP contribution in [-0.2, 0) is 4.79 Å². The first kappa shape index (κ1) is 13.1. The Morgan fingerprint density at radius 3 is 2.72 bits per heavy atom. The molecule has 0 aromatic heterocycles. The summed E-state index contributed by atoms with van der Waals surface area (Å²) < 4.78 is 0. The molecule has 0 unspecified atom stereocenters. The minimum atomic E-state index is 0.0545. The molecule has 1 aromatic carbocycles. The van der Waals surface area contributed by atoms with Gasteiger partial charge in [0.05, 0.1) is 5.75 Å². The van der Waals surface area contributed by atoms with Crippen LogP contribution in [0, 0.1) is 0 Å². The molecular formula is C14H17NO2S. The lowest BCUT2D eigenvalue weighted by molar-refractivity contribution is -0.127. The number of nitrogens with zero attached hydrogens (tertiary/aromatic N) is 1. The number of hydrogen-bond acceptors (Lipinski definition) is 3. The van der Waals surface area contributed by atoms with Gasteiger partial charge in [0, 0.05) is 23.5 Å². The molecule has 1 aromatic rings. The van der Waals surface area contributed by atoms with Crippen LogP contribution in [0.15, 0.2) is 29.2 Å². The third-order valence-electron chi connectivity index (χ3n) is 3.09. The maximum absolute atomic E-state index is 11.9. The van der Waals surface area contributed by atoms with E-state index in [0.29, 0.717) is 17.4 Å². The summed E-state index contributed by atoms with van der Waals surface area (Å²) in [5.74, 6) is 0.656. The molecule has 1 saturated carbocycles. The molecule has 0 saturated heterocycles. The van der Waals surface area contributed by atoms with Gasteiger partial charge in [-0.25, -0.2) is 0 Å². The first-order valence-corrected chi connectivity index (χ1v) is 7.06. The molecule has 96 valence electrons. The van der Waals surface area contributed by atoms with Crippen molar-refractivity contribution in [2.24, 2.45) is 0 Å². The molecule has 0 atom stereocenters. The topological polar surface area (TPSA) is 37.4 Å². The fourth-order valence-corrected chi connectivity index (χ4v) is 2.60. The summed E-state index contributed by atoms with van der Waals surface area (Å²) in [5, 5.41) is 0. The SMILES string of the molecule is CC(=O)c1cccc(SCC(=O)N(C)C2CC2)c1. The fourth-order valence-electron chi connectivity index (χ4n) is 1.72. The summed E-state index contributed by atoms with van der Waals surface area (Å²) in [4.78, 5) is 25.9. The number of Topliss-reactive ketones (excluding diaryl/α,β-unsaturated/α-hetero) is 1. The van der Waals surface area contributed by atoms with Gasteiger partial charge in [-0.15, -0.1) is 11.8 Å². The number of carbonyl (C=O) groups excluding carboxylic acids is 2. The predicted octanol–water partition coefficient (Wildman–Crippen LogP) is 2.60. The maximum atomic E-state index is 11.9. The van der Waals surface area contributed by atoms with Gasteiger partial charge in [0.1, 0.15) is 0 Å². The van der Waals surface area contributed by atoms with Crippen LogP contribution >= 0.6 is 11.8 Å². The highest BCUT2D eigenvalue weighted by molar-refractivity contribution is 8.00. The fraction of sp³-hybridized carbons (Fsp3) is 0.429. The molecule has 0 heterocycles. The van der Waals surface area contributed by atoms with Gasteiger partial charge in [0.2, 0.25) is 5.91 Å². The van der Waals surface area contributed by atoms with Gasteiger partial charge < -0.3 is 4.90 Å². The molecule has 0 N–H and O–H groups in total. The summed E-state index contributed by atoms with van der Waals surface area (Å²) >= 11 is 1.49. The zero-order valence-corrected chi connectivity index (χ0v) is 11.5. The van der Waals surface area contributed by atoms with Crippen molar-refractivity contribution in [3.05, 3.63) is 29.8 Å². The van der Waals surface area contributed by atoms with Gasteiger partial charge in [-0.1, -0.05) is 12.1 Å². The summed E-state index contributed by atoms with van der Waals surface area (Å²) in [7, 11) is 1.87. The standard InChI is InChI=1S/C14H17NO2S/c1-10(16)11-4-3-5-13(8-11)18-9-14(17)15(2)12-6-7-12/h3-5,8,12H,6-7,9H2,1-2H3. The summed E-state index contributed by atoms with van der Waals surface area (Å²) in [6.45, 7) is 1.55. The van der Waals surface area contributed by atoms with Crippen molar-refractivity contribution in [2.45, 2.75) is 30.7 Å². The molecule has 0 bridgehead atoms. The van der Waals surface area contributed by atoms with Gasteiger partial charge in [-0.05, 0) is 31.9 Å². The Kier molecular flexibility index (Phi) is 4.07. The normalized spacial score (nSPS) is 14.3. The number of amides is 1. The monoisotopic (exact) mass is 263 g/mol. The van der Waals surface area contributed by atoms with Crippen LogP contribution in [0.5, 0.6) is 0 Å². The van der Waals surface area contributed by atoms with Crippen LogP contribution in [0.1, 0.15) is 30.1 Å². The minimum absolute atomic E-state index is 0.0545. The second-order valence-electron chi connectivity index (χ2n) is 4.61. The molecule has 1 aliphatic carbocycles. The molecule has 2 rings (SSSR count). The molecule has 0 aliphatic heterocycles. The van der Waals surface area contributed by atoms with Gasteiger partial charge in [-0.3, -0.25) is 9.59 Å². The number of rotatable bonds is 5. The molecular weight excluding hydrogens is 246 g/mol. The van der Waals surface area contributed by atoms with Crippen molar-refractivity contribution >= 4 is 23.5 Å². The average molecular weight is 263 g/mol. The molecule has 3 nitrogen and oxygen atoms in total. The number of carbonyl (C=O) groups is 2. The molecule has 18 heavy (non-hydrogen) atoms. The van der Waals surface area contributed by atoms with E-state index >= 15 is 0 Å². The Labute approximate surface area is 112 Å². The first-order chi connectivity index (χ1) is 8.58. The Bertz CT molecular complexity index is 469. The lowest BCUT2D eigenvalue weighted by atomic mass is 10.2. The van der Waals surface area contributed by atoms with E-state index in [-0.39, 0.29) is 11.7 Å². The van der Waals surface area contributed by atoms with E-state index in [0.717, 1.165) is 17.7 Å². The average Bonchev–Trinajstić information content (AvgIpc) is 3.19. The van der Waals surface area contributed by atoms with Gasteiger partial charge in [0.15, 0.2) is 5.78 Å². The maximum Gasteiger partial charge on any atom is 0.232 e. The first-order valence-electron chi connectivity index (χ1n) is 6.07. The lowest BCUT2D eigenvalue weighted by Gasteiger charge is -2.15. The number of ketones is 1. The molecule has 4 heteroatoms. The van der Waals surface area contributed by atoms with E-state index in [9.17, 15) is 9.59 Å². The minimum Gasteiger partial charge on any atom is -0.342 e. The highest BCUT2D eigenvalue weighted by Crippen LogP contribution is 2.27. The van der Waals surface area contributed by atoms with Crippen molar-refractivity contribution in [2.75, 3.05) is 12.8 Å². The molecule has 1 fully saturated rings. The Morgan fingerprint density at radius 1 is 1.39 bits per heavy atom. The van der Waals surface area contributed by atoms with Gasteiger partial charge >= 0.3 is 0 Å². The highest BCUT2D eigenvalue weighted by Gasteiger charge is 2.29. The van der Waals surface area contributed by atoms with Crippen molar-refractivity contribution in [1.29, 1.82) is 0 Å². The predicted molar refractivity (Wildman–Crippen MR) is 73.0 cm³/mol. The van der Waals surface area contributed by atoms with Crippen LogP contribution < -0.4 is 0 Å². The summed E-state index contributed by atoms with van der Waals surface area (Å²) in [5.41, 5.74) is 0.697. The van der Waals surface area contributed by atoms with Crippen molar-refractivity contribution in [1.82, 2.24) is 4.90 Å². The number of hydrogen-bond donors (Lipinski definition) is 0. The van der Waals surface area contributed by atoms with Gasteiger partial charge in [0.25, 0.3) is 0 Å². The van der Waals surface area contributed by atoms with E-state index in [2.05, 4.69) is 0 Å². The third-order valence-corrected chi connectivity index (χ3v) is 4.07. The van der Waals surface area contributed by atoms with Crippen LogP contribution in [0.3, 0.4) is 0 Å². The largest absolute Gasteiger partial charge is 0.342 e. The van der Waals surface area contributed by atoms with Crippen molar-refractivity contribution in [3.63, 3.8) is 0 Å². The van der Waals surface area contributed by atoms with E-state index in [1.54, 1.807) is 13.0 Å². The van der Waals surface area contributed by atoms with Crippen LogP contribution in [0.4, 0.5) is 0 Å². The molecule has 1 aliphatic rings. The van der Waals surface area contributed by atoms with E-state index in [4.69, 9.17) is 0 Å². The van der Waals surface area contributed by atoms with Crippen LogP contribution in [0.25, 0.3) is 0 Å². The van der Waals surface area contributed by atoms with E-state index < -0.39 is 0 Å². The third kappa shape index (κ3) is 3.35. The second-order valence-corrected chi connectivity index (χ2v) is 5.66.